The number of nitrogens with zero attached hydrogens (tertiary/aromatic N) is 1. The second-order valence-corrected chi connectivity index (χ2v) is 4.96. The van der Waals surface area contributed by atoms with Crippen molar-refractivity contribution in [2.45, 2.75) is 16.9 Å². The Labute approximate surface area is 61.7 Å². The number of hydrogen-bond acceptors (Lipinski definition) is 1. The molecule has 1 saturated heterocycles. The van der Waals surface area contributed by atoms with Crippen LogP contribution in [0.25, 0.3) is 0 Å². The van der Waals surface area contributed by atoms with Gasteiger partial charge in [-0.25, -0.2) is 0 Å². The normalized spacial score (nSPS) is 32.0. The molecule has 0 spiro atoms. The number of rotatable bonds is 1. The first-order chi connectivity index (χ1) is 3.84. The van der Waals surface area contributed by atoms with Crippen molar-refractivity contribution >= 4 is 0 Å². The molecular weight excluding hydrogens is 213 g/mol. The Morgan fingerprint density at radius 2 is 2.38 bits per heavy atom. The summed E-state index contributed by atoms with van der Waals surface area (Å²) in [7, 11) is 2.25. The molecule has 0 aliphatic carbocycles. The van der Waals surface area contributed by atoms with Crippen LogP contribution < -0.4 is 21.2 Å². The zero-order valence-electron chi connectivity index (χ0n) is 5.52. The molecule has 1 rings (SSSR count). The van der Waals surface area contributed by atoms with Crippen LogP contribution in [0.2, 0.25) is 0 Å². The molecule has 1 nitrogen and oxygen atoms in total. The van der Waals surface area contributed by atoms with Crippen LogP contribution in [-0.4, -0.2) is 27.5 Å². The summed E-state index contributed by atoms with van der Waals surface area (Å²) in [6, 6.07) is 0. The van der Waals surface area contributed by atoms with Gasteiger partial charge in [0.25, 0.3) is 0 Å². The molecule has 0 aromatic heterocycles. The Morgan fingerprint density at radius 3 is 2.62 bits per heavy atom. The Morgan fingerprint density at radius 1 is 1.62 bits per heavy atom. The first kappa shape index (κ1) is 6.81. The third kappa shape index (κ3) is 1.35. The van der Waals surface area contributed by atoms with E-state index in [9.17, 15) is 0 Å². The van der Waals surface area contributed by atoms with Crippen LogP contribution in [0.4, 0.5) is 0 Å². The quantitative estimate of drug-likeness (QED) is 0.277. The molecule has 0 bridgehead atoms. The van der Waals surface area contributed by atoms with E-state index in [0.29, 0.717) is 21.2 Å². The Kier molecular flexibility index (Phi) is 2.56. The molecule has 1 heterocycles. The van der Waals surface area contributed by atoms with Gasteiger partial charge in [-0.1, -0.05) is 0 Å². The fourth-order valence-corrected chi connectivity index (χ4v) is 3.44. The maximum absolute atomic E-state index is 2.51. The van der Waals surface area contributed by atoms with Crippen LogP contribution in [0.15, 0.2) is 0 Å². The number of likely N-dealkylation sites (tertiary alicyclic amines) is 1. The van der Waals surface area contributed by atoms with Crippen molar-refractivity contribution in [1.29, 1.82) is 0 Å². The van der Waals surface area contributed by atoms with E-state index in [0.717, 1.165) is 4.05 Å². The van der Waals surface area contributed by atoms with Crippen molar-refractivity contribution < 1.29 is 21.2 Å². The summed E-state index contributed by atoms with van der Waals surface area (Å²) in [5, 5.41) is 0. The van der Waals surface area contributed by atoms with Gasteiger partial charge in [0, 0.05) is 0 Å². The first-order valence-corrected chi connectivity index (χ1v) is 6.43. The predicted octanol–water partition coefficient (Wildman–Crippen LogP) is -2.24. The Bertz CT molecular complexity index is 74.9. The van der Waals surface area contributed by atoms with Crippen molar-refractivity contribution in [3.05, 3.63) is 0 Å². The van der Waals surface area contributed by atoms with Crippen LogP contribution in [0, 0.1) is 0 Å². The third-order valence-corrected chi connectivity index (χ3v) is 4.69. The monoisotopic (exact) mass is 226 g/mol. The van der Waals surface area contributed by atoms with Gasteiger partial charge in [0.2, 0.25) is 0 Å². The molecule has 0 saturated carbocycles. The molecule has 0 aromatic rings. The zero-order chi connectivity index (χ0) is 5.98. The van der Waals surface area contributed by atoms with Crippen molar-refractivity contribution in [2.75, 3.05) is 18.5 Å². The molecule has 1 fully saturated rings. The minimum atomic E-state index is 0.490. The summed E-state index contributed by atoms with van der Waals surface area (Å²) in [6.45, 7) is 1.35. The van der Waals surface area contributed by atoms with Crippen LogP contribution in [0.1, 0.15) is 12.8 Å². The molecule has 0 amide bonds. The summed E-state index contributed by atoms with van der Waals surface area (Å²) in [6.07, 6.45) is 2.91. The standard InChI is InChI=1S/C6H13IN/c1-7-6-4-3-5-8(6)2/h6H,3-5H2,1-2H3/q-1. The molecule has 1 aliphatic heterocycles. The maximum atomic E-state index is 2.51. The van der Waals surface area contributed by atoms with Gasteiger partial charge in [-0.3, -0.25) is 0 Å². The van der Waals surface area contributed by atoms with Crippen LogP contribution in [0.3, 0.4) is 0 Å². The number of hydrogen-bond donors (Lipinski definition) is 0. The summed E-state index contributed by atoms with van der Waals surface area (Å²) < 4.78 is 1.01. The van der Waals surface area contributed by atoms with Gasteiger partial charge in [0.15, 0.2) is 0 Å². The van der Waals surface area contributed by atoms with Crippen molar-refractivity contribution in [3.63, 3.8) is 0 Å². The minimum absolute atomic E-state index is 0.490. The second kappa shape index (κ2) is 3.01. The van der Waals surface area contributed by atoms with Gasteiger partial charge in [0.05, 0.1) is 0 Å². The summed E-state index contributed by atoms with van der Waals surface area (Å²) in [5.41, 5.74) is 0. The SMILES string of the molecule is C[I-]C1CCCN1C. The van der Waals surface area contributed by atoms with Crippen LogP contribution >= 0.6 is 0 Å². The molecule has 1 unspecified atom stereocenters. The second-order valence-electron chi connectivity index (χ2n) is 2.28. The molecule has 1 aliphatic rings. The summed E-state index contributed by atoms with van der Waals surface area (Å²) in [5.74, 6) is 0. The number of halogens is 1. The molecular formula is C6H13IN-. The van der Waals surface area contributed by atoms with E-state index in [-0.39, 0.29) is 0 Å². The molecule has 2 heteroatoms. The van der Waals surface area contributed by atoms with Gasteiger partial charge < -0.3 is 0 Å². The van der Waals surface area contributed by atoms with Crippen LogP contribution in [0.5, 0.6) is 0 Å². The van der Waals surface area contributed by atoms with Gasteiger partial charge in [-0.05, 0) is 0 Å². The molecule has 0 N–H and O–H groups in total. The summed E-state index contributed by atoms with van der Waals surface area (Å²) in [4.78, 5) is 4.89. The Balaban J connectivity index is 2.30. The zero-order valence-corrected chi connectivity index (χ0v) is 7.68. The topological polar surface area (TPSA) is 3.24 Å². The van der Waals surface area contributed by atoms with E-state index in [1.165, 1.54) is 19.4 Å². The molecule has 8 heavy (non-hydrogen) atoms. The van der Waals surface area contributed by atoms with Gasteiger partial charge in [0.1, 0.15) is 0 Å². The van der Waals surface area contributed by atoms with Crippen molar-refractivity contribution in [2.24, 2.45) is 0 Å². The van der Waals surface area contributed by atoms with E-state index in [1.54, 1.807) is 0 Å². The van der Waals surface area contributed by atoms with E-state index in [2.05, 4.69) is 16.9 Å². The average molecular weight is 226 g/mol. The van der Waals surface area contributed by atoms with E-state index >= 15 is 0 Å². The van der Waals surface area contributed by atoms with Gasteiger partial charge in [-0.15, -0.1) is 0 Å². The Hall–Kier alpha value is 0.690. The average Bonchev–Trinajstić information content (AvgIpc) is 2.14. The molecule has 0 radical (unpaired) electrons. The predicted molar refractivity (Wildman–Crippen MR) is 31.6 cm³/mol. The van der Waals surface area contributed by atoms with Gasteiger partial charge in [-0.2, -0.15) is 0 Å². The third-order valence-electron chi connectivity index (χ3n) is 1.68. The molecule has 0 aromatic carbocycles. The fraction of sp³-hybridized carbons (Fsp3) is 1.00. The molecule has 1 atom stereocenters. The van der Waals surface area contributed by atoms with Gasteiger partial charge >= 0.3 is 61.5 Å². The van der Waals surface area contributed by atoms with Crippen molar-refractivity contribution in [3.8, 4) is 0 Å². The number of alkyl halides is 2. The summed E-state index contributed by atoms with van der Waals surface area (Å²) >= 11 is 0.490. The van der Waals surface area contributed by atoms with E-state index in [1.807, 2.05) is 0 Å². The van der Waals surface area contributed by atoms with E-state index < -0.39 is 0 Å². The first-order valence-electron chi connectivity index (χ1n) is 3.03. The van der Waals surface area contributed by atoms with Crippen molar-refractivity contribution in [1.82, 2.24) is 4.90 Å². The fourth-order valence-electron chi connectivity index (χ4n) is 1.15. The molecule has 50 valence electrons. The van der Waals surface area contributed by atoms with Crippen LogP contribution in [-0.2, 0) is 0 Å². The van der Waals surface area contributed by atoms with E-state index in [4.69, 9.17) is 0 Å².